The Morgan fingerprint density at radius 2 is 2.12 bits per heavy atom. The number of ether oxygens (including phenoxy) is 1. The molecule has 0 amide bonds. The summed E-state index contributed by atoms with van der Waals surface area (Å²) in [6.45, 7) is 4.72. The van der Waals surface area contributed by atoms with Crippen molar-refractivity contribution in [3.63, 3.8) is 0 Å². The van der Waals surface area contributed by atoms with E-state index in [1.165, 1.54) is 5.56 Å². The highest BCUT2D eigenvalue weighted by atomic mass is 16.5. The molecule has 1 aromatic carbocycles. The van der Waals surface area contributed by atoms with Crippen LogP contribution in [0.4, 0.5) is 0 Å². The van der Waals surface area contributed by atoms with E-state index in [1.807, 2.05) is 12.1 Å². The van der Waals surface area contributed by atoms with E-state index in [2.05, 4.69) is 29.4 Å². The molecule has 0 aromatic heterocycles. The van der Waals surface area contributed by atoms with E-state index in [1.54, 1.807) is 0 Å². The van der Waals surface area contributed by atoms with Crippen molar-refractivity contribution in [3.8, 4) is 5.75 Å². The molecule has 1 N–H and O–H groups in total. The second-order valence-corrected chi connectivity index (χ2v) is 3.85. The lowest BCUT2D eigenvalue weighted by atomic mass is 10.2. The monoisotopic (exact) mass is 218 g/mol. The van der Waals surface area contributed by atoms with Gasteiger partial charge >= 0.3 is 0 Å². The molecule has 2 rings (SSSR count). The van der Waals surface area contributed by atoms with Crippen molar-refractivity contribution in [2.24, 2.45) is 4.99 Å². The highest BCUT2D eigenvalue weighted by molar-refractivity contribution is 5.83. The van der Waals surface area contributed by atoms with Crippen molar-refractivity contribution in [2.75, 3.05) is 19.7 Å². The Morgan fingerprint density at radius 1 is 1.31 bits per heavy atom. The summed E-state index contributed by atoms with van der Waals surface area (Å²) in [7, 11) is 0. The molecule has 0 atom stereocenters. The molecule has 3 heteroatoms. The van der Waals surface area contributed by atoms with E-state index in [9.17, 15) is 0 Å². The van der Waals surface area contributed by atoms with E-state index in [0.717, 1.165) is 37.5 Å². The predicted octanol–water partition coefficient (Wildman–Crippen LogP) is 2.02. The molecule has 0 radical (unpaired) electrons. The maximum Gasteiger partial charge on any atom is 0.119 e. The zero-order valence-electron chi connectivity index (χ0n) is 9.70. The average Bonchev–Trinajstić information content (AvgIpc) is 2.83. The number of nitrogens with zero attached hydrogens (tertiary/aromatic N) is 1. The number of aliphatic imine (C=N–C) groups is 1. The fourth-order valence-corrected chi connectivity index (χ4v) is 1.70. The molecule has 0 saturated carbocycles. The number of amidine groups is 1. The molecule has 1 aliphatic rings. The number of aryl methyl sites for hydroxylation is 1. The molecule has 0 unspecified atom stereocenters. The smallest absolute Gasteiger partial charge is 0.119 e. The minimum atomic E-state index is 0.692. The molecule has 0 saturated heterocycles. The summed E-state index contributed by atoms with van der Waals surface area (Å²) >= 11 is 0. The highest BCUT2D eigenvalue weighted by Crippen LogP contribution is 2.12. The standard InChI is InChI=1S/C13H18N2O/c1-2-11-3-5-12(6-4-11)16-10-7-13-14-8-9-15-13/h3-6H,2,7-10H2,1H3,(H,14,15). The minimum absolute atomic E-state index is 0.692. The molecule has 1 heterocycles. The lowest BCUT2D eigenvalue weighted by Crippen LogP contribution is -2.20. The quantitative estimate of drug-likeness (QED) is 0.820. The van der Waals surface area contributed by atoms with Gasteiger partial charge in [0.05, 0.1) is 19.0 Å². The van der Waals surface area contributed by atoms with Crippen molar-refractivity contribution in [1.82, 2.24) is 5.32 Å². The summed E-state index contributed by atoms with van der Waals surface area (Å²) < 4.78 is 5.65. The van der Waals surface area contributed by atoms with Gasteiger partial charge in [0.15, 0.2) is 0 Å². The molecule has 0 aliphatic carbocycles. The second-order valence-electron chi connectivity index (χ2n) is 3.85. The van der Waals surface area contributed by atoms with Gasteiger partial charge in [0.25, 0.3) is 0 Å². The van der Waals surface area contributed by atoms with Crippen LogP contribution < -0.4 is 10.1 Å². The van der Waals surface area contributed by atoms with Crippen molar-refractivity contribution >= 4 is 5.84 Å². The third kappa shape index (κ3) is 2.99. The largest absolute Gasteiger partial charge is 0.493 e. The zero-order chi connectivity index (χ0) is 11.2. The van der Waals surface area contributed by atoms with Crippen LogP contribution in [0.1, 0.15) is 18.9 Å². The molecule has 16 heavy (non-hydrogen) atoms. The number of benzene rings is 1. The minimum Gasteiger partial charge on any atom is -0.493 e. The van der Waals surface area contributed by atoms with Crippen LogP contribution in [0.15, 0.2) is 29.3 Å². The SMILES string of the molecule is CCc1ccc(OCCC2=NCCN2)cc1. The van der Waals surface area contributed by atoms with Crippen LogP contribution >= 0.6 is 0 Å². The van der Waals surface area contributed by atoms with Gasteiger partial charge in [-0.1, -0.05) is 19.1 Å². The highest BCUT2D eigenvalue weighted by Gasteiger charge is 2.04. The Morgan fingerprint density at radius 3 is 2.75 bits per heavy atom. The number of hydrogen-bond acceptors (Lipinski definition) is 3. The first kappa shape index (κ1) is 11.0. The van der Waals surface area contributed by atoms with E-state index >= 15 is 0 Å². The van der Waals surface area contributed by atoms with Crippen molar-refractivity contribution < 1.29 is 4.74 Å². The summed E-state index contributed by atoms with van der Waals surface area (Å²) in [5, 5.41) is 3.23. The number of rotatable bonds is 5. The van der Waals surface area contributed by atoms with Crippen LogP contribution in [0, 0.1) is 0 Å². The van der Waals surface area contributed by atoms with Crippen LogP contribution in [0.5, 0.6) is 5.75 Å². The molecule has 0 fully saturated rings. The Kier molecular flexibility index (Phi) is 3.81. The van der Waals surface area contributed by atoms with Crippen molar-refractivity contribution in [2.45, 2.75) is 19.8 Å². The zero-order valence-corrected chi connectivity index (χ0v) is 9.70. The molecular weight excluding hydrogens is 200 g/mol. The fraction of sp³-hybridized carbons (Fsp3) is 0.462. The van der Waals surface area contributed by atoms with Gasteiger partial charge in [-0.25, -0.2) is 0 Å². The van der Waals surface area contributed by atoms with Crippen LogP contribution in [-0.4, -0.2) is 25.5 Å². The van der Waals surface area contributed by atoms with Gasteiger partial charge in [-0.15, -0.1) is 0 Å². The van der Waals surface area contributed by atoms with Crippen LogP contribution in [0.25, 0.3) is 0 Å². The van der Waals surface area contributed by atoms with Gasteiger partial charge in [-0.3, -0.25) is 4.99 Å². The van der Waals surface area contributed by atoms with Gasteiger partial charge < -0.3 is 10.1 Å². The second kappa shape index (κ2) is 5.54. The van der Waals surface area contributed by atoms with Crippen LogP contribution in [0.3, 0.4) is 0 Å². The summed E-state index contributed by atoms with van der Waals surface area (Å²) in [6.07, 6.45) is 1.94. The van der Waals surface area contributed by atoms with E-state index in [-0.39, 0.29) is 0 Å². The van der Waals surface area contributed by atoms with Gasteiger partial charge in [0.2, 0.25) is 0 Å². The van der Waals surface area contributed by atoms with Gasteiger partial charge in [0.1, 0.15) is 5.75 Å². The Bertz CT molecular complexity index is 357. The van der Waals surface area contributed by atoms with Crippen LogP contribution in [-0.2, 0) is 6.42 Å². The first-order valence-electron chi connectivity index (χ1n) is 5.87. The van der Waals surface area contributed by atoms with Crippen molar-refractivity contribution in [3.05, 3.63) is 29.8 Å². The third-order valence-electron chi connectivity index (χ3n) is 2.68. The molecule has 0 spiro atoms. The summed E-state index contributed by atoms with van der Waals surface area (Å²) in [6, 6.07) is 8.28. The van der Waals surface area contributed by atoms with Gasteiger partial charge in [-0.2, -0.15) is 0 Å². The maximum absolute atomic E-state index is 5.65. The van der Waals surface area contributed by atoms with Crippen LogP contribution in [0.2, 0.25) is 0 Å². The van der Waals surface area contributed by atoms with Gasteiger partial charge in [0, 0.05) is 13.0 Å². The van der Waals surface area contributed by atoms with E-state index < -0.39 is 0 Å². The average molecular weight is 218 g/mol. The fourth-order valence-electron chi connectivity index (χ4n) is 1.70. The Balaban J connectivity index is 1.76. The summed E-state index contributed by atoms with van der Waals surface area (Å²) in [5.74, 6) is 2.01. The predicted molar refractivity (Wildman–Crippen MR) is 66.2 cm³/mol. The Hall–Kier alpha value is -1.51. The van der Waals surface area contributed by atoms with Gasteiger partial charge in [-0.05, 0) is 24.1 Å². The normalized spacial score (nSPS) is 14.4. The lowest BCUT2D eigenvalue weighted by molar-refractivity contribution is 0.328. The first-order chi connectivity index (χ1) is 7.88. The molecule has 86 valence electrons. The molecule has 3 nitrogen and oxygen atoms in total. The molecular formula is C13H18N2O. The van der Waals surface area contributed by atoms with E-state index in [4.69, 9.17) is 4.74 Å². The first-order valence-corrected chi connectivity index (χ1v) is 5.87. The molecule has 1 aliphatic heterocycles. The van der Waals surface area contributed by atoms with Crippen molar-refractivity contribution in [1.29, 1.82) is 0 Å². The summed E-state index contributed by atoms with van der Waals surface area (Å²) in [4.78, 5) is 4.32. The molecule has 0 bridgehead atoms. The van der Waals surface area contributed by atoms with E-state index in [0.29, 0.717) is 6.61 Å². The topological polar surface area (TPSA) is 33.6 Å². The third-order valence-corrected chi connectivity index (χ3v) is 2.68. The molecule has 1 aromatic rings. The maximum atomic E-state index is 5.65. The number of hydrogen-bond donors (Lipinski definition) is 1. The number of nitrogens with one attached hydrogen (secondary N) is 1. The summed E-state index contributed by atoms with van der Waals surface area (Å²) in [5.41, 5.74) is 1.34. The Labute approximate surface area is 96.5 Å². The lowest BCUT2D eigenvalue weighted by Gasteiger charge is -2.07.